The second-order valence-electron chi connectivity index (χ2n) is 8.47. The van der Waals surface area contributed by atoms with Gasteiger partial charge in [0.2, 0.25) is 0 Å². The number of benzene rings is 1. The smallest absolute Gasteiger partial charge is 0.355 e. The molecule has 1 saturated carbocycles. The van der Waals surface area contributed by atoms with Crippen molar-refractivity contribution in [3.63, 3.8) is 0 Å². The molecule has 6 nitrogen and oxygen atoms in total. The lowest BCUT2D eigenvalue weighted by atomic mass is 9.86. The SMILES string of the molecule is O=C(O)c1csc(C2CC[C@@H]3[C@@H](CNc4ccc5c(c4)CCC5)[C@H](O)C[C@@H]3O2)n1. The Morgan fingerprint density at radius 1 is 1.28 bits per heavy atom. The van der Waals surface area contributed by atoms with Crippen LogP contribution >= 0.6 is 11.3 Å². The molecule has 0 spiro atoms. The highest BCUT2D eigenvalue weighted by Crippen LogP contribution is 2.46. The number of anilines is 1. The fourth-order valence-corrected chi connectivity index (χ4v) is 6.11. The topological polar surface area (TPSA) is 91.7 Å². The number of hydrogen-bond donors (Lipinski definition) is 3. The molecule has 5 rings (SSSR count). The lowest BCUT2D eigenvalue weighted by molar-refractivity contribution is -0.0783. The van der Waals surface area contributed by atoms with Gasteiger partial charge in [-0.05, 0) is 61.3 Å². The van der Waals surface area contributed by atoms with Crippen LogP contribution in [-0.2, 0) is 17.6 Å². The average Bonchev–Trinajstić information content (AvgIpc) is 3.43. The molecule has 5 atom stereocenters. The van der Waals surface area contributed by atoms with Crippen LogP contribution in [0.2, 0.25) is 0 Å². The first-order valence-electron chi connectivity index (χ1n) is 10.5. The van der Waals surface area contributed by atoms with Crippen LogP contribution in [0.3, 0.4) is 0 Å². The van der Waals surface area contributed by atoms with Gasteiger partial charge in [-0.2, -0.15) is 0 Å². The summed E-state index contributed by atoms with van der Waals surface area (Å²) in [6, 6.07) is 6.64. The van der Waals surface area contributed by atoms with E-state index in [2.05, 4.69) is 28.5 Å². The molecule has 0 radical (unpaired) electrons. The van der Waals surface area contributed by atoms with Crippen molar-refractivity contribution in [1.29, 1.82) is 0 Å². The van der Waals surface area contributed by atoms with E-state index in [1.54, 1.807) is 5.38 Å². The van der Waals surface area contributed by atoms with Crippen LogP contribution in [0.1, 0.15) is 58.4 Å². The van der Waals surface area contributed by atoms with Crippen molar-refractivity contribution in [1.82, 2.24) is 4.98 Å². The molecule has 2 fully saturated rings. The van der Waals surface area contributed by atoms with Crippen molar-refractivity contribution >= 4 is 23.0 Å². The van der Waals surface area contributed by atoms with Crippen molar-refractivity contribution in [2.75, 3.05) is 11.9 Å². The van der Waals surface area contributed by atoms with Crippen LogP contribution in [0.5, 0.6) is 0 Å². The number of carbonyl (C=O) groups is 1. The fourth-order valence-electron chi connectivity index (χ4n) is 5.25. The molecule has 3 aliphatic rings. The molecule has 7 heteroatoms. The summed E-state index contributed by atoms with van der Waals surface area (Å²) in [5.74, 6) is -0.516. The Kier molecular flexibility index (Phi) is 5.05. The highest BCUT2D eigenvalue weighted by atomic mass is 32.1. The van der Waals surface area contributed by atoms with Gasteiger partial charge in [0.15, 0.2) is 5.69 Å². The zero-order valence-corrected chi connectivity index (χ0v) is 17.0. The van der Waals surface area contributed by atoms with Gasteiger partial charge in [-0.15, -0.1) is 11.3 Å². The Hall–Kier alpha value is -1.96. The van der Waals surface area contributed by atoms with Crippen molar-refractivity contribution in [2.45, 2.75) is 56.8 Å². The van der Waals surface area contributed by atoms with Gasteiger partial charge >= 0.3 is 5.97 Å². The van der Waals surface area contributed by atoms with E-state index in [-0.39, 0.29) is 29.9 Å². The molecule has 0 bridgehead atoms. The van der Waals surface area contributed by atoms with Crippen molar-refractivity contribution in [2.24, 2.45) is 11.8 Å². The van der Waals surface area contributed by atoms with Crippen molar-refractivity contribution in [3.05, 3.63) is 45.4 Å². The molecule has 1 saturated heterocycles. The predicted molar refractivity (Wildman–Crippen MR) is 110 cm³/mol. The van der Waals surface area contributed by atoms with Gasteiger partial charge in [0, 0.05) is 30.0 Å². The molecule has 1 aliphatic heterocycles. The Morgan fingerprint density at radius 2 is 2.14 bits per heavy atom. The first-order valence-corrected chi connectivity index (χ1v) is 11.3. The summed E-state index contributed by atoms with van der Waals surface area (Å²) < 4.78 is 6.27. The molecule has 154 valence electrons. The lowest BCUT2D eigenvalue weighted by Gasteiger charge is -2.34. The number of hydrogen-bond acceptors (Lipinski definition) is 6. The van der Waals surface area contributed by atoms with Crippen LogP contribution in [-0.4, -0.2) is 39.9 Å². The highest BCUT2D eigenvalue weighted by molar-refractivity contribution is 7.09. The maximum absolute atomic E-state index is 11.1. The first-order chi connectivity index (χ1) is 14.1. The molecule has 1 aromatic heterocycles. The van der Waals surface area contributed by atoms with E-state index < -0.39 is 5.97 Å². The Morgan fingerprint density at radius 3 is 2.97 bits per heavy atom. The Labute approximate surface area is 173 Å². The number of aromatic carboxylic acids is 1. The standard InChI is InChI=1S/C22H26N2O4S/c25-18-9-20-15(6-7-19(28-20)21-24-17(11-29-21)22(26)27)16(18)10-23-14-5-4-12-2-1-3-13(12)8-14/h4-5,8,11,15-16,18-20,23,25H,1-3,6-7,9-10H2,(H,26,27)/t15-,16-,18-,19?,20+/m1/s1. The van der Waals surface area contributed by atoms with Crippen LogP contribution < -0.4 is 5.32 Å². The number of rotatable bonds is 5. The molecule has 1 aromatic carbocycles. The number of nitrogens with one attached hydrogen (secondary N) is 1. The predicted octanol–water partition coefficient (Wildman–Crippen LogP) is 3.66. The summed E-state index contributed by atoms with van der Waals surface area (Å²) in [5, 5.41) is 25.6. The van der Waals surface area contributed by atoms with Crippen LogP contribution in [0.4, 0.5) is 5.69 Å². The monoisotopic (exact) mass is 414 g/mol. The minimum absolute atomic E-state index is 0.00717. The molecule has 2 aromatic rings. The maximum Gasteiger partial charge on any atom is 0.355 e. The van der Waals surface area contributed by atoms with E-state index in [1.165, 1.54) is 35.3 Å². The second-order valence-corrected chi connectivity index (χ2v) is 9.36. The molecule has 3 N–H and O–H groups in total. The van der Waals surface area contributed by atoms with Gasteiger partial charge in [0.1, 0.15) is 11.1 Å². The molecule has 1 unspecified atom stereocenters. The van der Waals surface area contributed by atoms with E-state index in [0.29, 0.717) is 12.3 Å². The normalized spacial score (nSPS) is 30.7. The summed E-state index contributed by atoms with van der Waals surface area (Å²) in [5.41, 5.74) is 4.14. The number of fused-ring (bicyclic) bond motifs is 2. The van der Waals surface area contributed by atoms with E-state index in [1.807, 2.05) is 0 Å². The number of carboxylic acids is 1. The van der Waals surface area contributed by atoms with Crippen molar-refractivity contribution < 1.29 is 19.7 Å². The zero-order chi connectivity index (χ0) is 20.0. The van der Waals surface area contributed by atoms with Crippen LogP contribution in [0.15, 0.2) is 23.6 Å². The molecular weight excluding hydrogens is 388 g/mol. The van der Waals surface area contributed by atoms with Gasteiger partial charge < -0.3 is 20.3 Å². The number of aromatic nitrogens is 1. The van der Waals surface area contributed by atoms with E-state index >= 15 is 0 Å². The maximum atomic E-state index is 11.1. The number of aryl methyl sites for hydroxylation is 2. The van der Waals surface area contributed by atoms with Crippen LogP contribution in [0.25, 0.3) is 0 Å². The Bertz CT molecular complexity index is 914. The summed E-state index contributed by atoms with van der Waals surface area (Å²) in [6.07, 6.45) is 5.48. The third-order valence-electron chi connectivity index (χ3n) is 6.75. The minimum Gasteiger partial charge on any atom is -0.476 e. The molecule has 29 heavy (non-hydrogen) atoms. The number of thiazole rings is 1. The van der Waals surface area contributed by atoms with Gasteiger partial charge in [-0.3, -0.25) is 0 Å². The number of aliphatic hydroxyl groups excluding tert-OH is 1. The van der Waals surface area contributed by atoms with Gasteiger partial charge in [0.05, 0.1) is 12.2 Å². The summed E-state index contributed by atoms with van der Waals surface area (Å²) in [7, 11) is 0. The quantitative estimate of drug-likeness (QED) is 0.692. The zero-order valence-electron chi connectivity index (χ0n) is 16.2. The van der Waals surface area contributed by atoms with Gasteiger partial charge in [-0.1, -0.05) is 6.07 Å². The molecular formula is C22H26N2O4S. The van der Waals surface area contributed by atoms with E-state index in [0.717, 1.165) is 36.5 Å². The summed E-state index contributed by atoms with van der Waals surface area (Å²) in [6.45, 7) is 0.746. The molecule has 2 heterocycles. The lowest BCUT2D eigenvalue weighted by Crippen LogP contribution is -2.33. The first kappa shape index (κ1) is 19.0. The third-order valence-corrected chi connectivity index (χ3v) is 7.69. The molecule has 2 aliphatic carbocycles. The summed E-state index contributed by atoms with van der Waals surface area (Å²) in [4.78, 5) is 15.3. The number of nitrogens with zero attached hydrogens (tertiary/aromatic N) is 1. The number of ether oxygens (including phenoxy) is 1. The Balaban J connectivity index is 1.22. The van der Waals surface area contributed by atoms with Gasteiger partial charge in [0.25, 0.3) is 0 Å². The van der Waals surface area contributed by atoms with Crippen LogP contribution in [0, 0.1) is 11.8 Å². The van der Waals surface area contributed by atoms with E-state index in [9.17, 15) is 9.90 Å². The highest BCUT2D eigenvalue weighted by Gasteiger charge is 2.46. The largest absolute Gasteiger partial charge is 0.476 e. The second kappa shape index (κ2) is 7.70. The third kappa shape index (κ3) is 3.67. The average molecular weight is 415 g/mol. The fraction of sp³-hybridized carbons (Fsp3) is 0.545. The van der Waals surface area contributed by atoms with E-state index in [4.69, 9.17) is 9.84 Å². The molecule has 0 amide bonds. The number of carboxylic acid groups (broad SMARTS) is 1. The minimum atomic E-state index is -1.00. The number of aliphatic hydroxyl groups is 1. The van der Waals surface area contributed by atoms with Crippen molar-refractivity contribution in [3.8, 4) is 0 Å². The summed E-state index contributed by atoms with van der Waals surface area (Å²) >= 11 is 1.35. The van der Waals surface area contributed by atoms with Gasteiger partial charge in [-0.25, -0.2) is 9.78 Å².